The van der Waals surface area contributed by atoms with Crippen LogP contribution in [0.4, 0.5) is 0 Å². The van der Waals surface area contributed by atoms with Gasteiger partial charge in [0.1, 0.15) is 5.75 Å². The van der Waals surface area contributed by atoms with Crippen LogP contribution in [0.25, 0.3) is 10.7 Å². The Morgan fingerprint density at radius 3 is 2.77 bits per heavy atom. The first-order valence-electron chi connectivity index (χ1n) is 10.3. The van der Waals surface area contributed by atoms with E-state index in [0.29, 0.717) is 31.4 Å². The zero-order valence-corrected chi connectivity index (χ0v) is 17.9. The molecule has 0 aliphatic carbocycles. The molecule has 0 atom stereocenters. The van der Waals surface area contributed by atoms with Crippen molar-refractivity contribution in [3.63, 3.8) is 0 Å². The molecule has 30 heavy (non-hydrogen) atoms. The van der Waals surface area contributed by atoms with E-state index in [1.54, 1.807) is 11.3 Å². The van der Waals surface area contributed by atoms with E-state index in [4.69, 9.17) is 9.26 Å². The fraction of sp³-hybridized carbons (Fsp3) is 0.409. The van der Waals surface area contributed by atoms with E-state index < -0.39 is 0 Å². The zero-order chi connectivity index (χ0) is 20.8. The Kier molecular flexibility index (Phi) is 6.76. The Bertz CT molecular complexity index is 932. The lowest BCUT2D eigenvalue weighted by Gasteiger charge is -2.30. The number of hydrogen-bond acceptors (Lipinski definition) is 7. The van der Waals surface area contributed by atoms with Crippen molar-refractivity contribution in [2.24, 2.45) is 5.92 Å². The summed E-state index contributed by atoms with van der Waals surface area (Å²) < 4.78 is 10.8. The van der Waals surface area contributed by atoms with E-state index in [9.17, 15) is 4.79 Å². The minimum Gasteiger partial charge on any atom is -0.494 e. The molecule has 0 saturated carbocycles. The molecule has 1 aromatic carbocycles. The lowest BCUT2D eigenvalue weighted by molar-refractivity contribution is -0.126. The molecule has 158 valence electrons. The first-order valence-corrected chi connectivity index (χ1v) is 11.2. The number of ether oxygens (including phenoxy) is 1. The fourth-order valence-electron chi connectivity index (χ4n) is 3.57. The minimum atomic E-state index is 0.0494. The highest BCUT2D eigenvalue weighted by atomic mass is 32.1. The molecule has 2 aromatic heterocycles. The summed E-state index contributed by atoms with van der Waals surface area (Å²) in [7, 11) is 0. The maximum atomic E-state index is 12.5. The summed E-state index contributed by atoms with van der Waals surface area (Å²) in [5.74, 6) is 2.29. The SMILES string of the molecule is CCOc1ccc(CNC(=O)C2CCN(Cc3nc(-c4cccs4)no3)CC2)cc1. The summed E-state index contributed by atoms with van der Waals surface area (Å²) in [6, 6.07) is 11.8. The lowest BCUT2D eigenvalue weighted by atomic mass is 9.96. The van der Waals surface area contributed by atoms with Gasteiger partial charge in [0.25, 0.3) is 0 Å². The summed E-state index contributed by atoms with van der Waals surface area (Å²) in [5.41, 5.74) is 1.07. The van der Waals surface area contributed by atoms with Gasteiger partial charge in [-0.1, -0.05) is 23.4 Å². The summed E-state index contributed by atoms with van der Waals surface area (Å²) >= 11 is 1.60. The Morgan fingerprint density at radius 2 is 2.07 bits per heavy atom. The van der Waals surface area contributed by atoms with Gasteiger partial charge in [-0.05, 0) is 62.0 Å². The Hall–Kier alpha value is -2.71. The first-order chi connectivity index (χ1) is 14.7. The molecule has 1 N–H and O–H groups in total. The average Bonchev–Trinajstić information content (AvgIpc) is 3.46. The molecule has 7 nitrogen and oxygen atoms in total. The maximum absolute atomic E-state index is 12.5. The predicted octanol–water partition coefficient (Wildman–Crippen LogP) is 3.73. The molecule has 1 aliphatic rings. The number of amides is 1. The smallest absolute Gasteiger partial charge is 0.241 e. The highest BCUT2D eigenvalue weighted by Crippen LogP contribution is 2.23. The highest BCUT2D eigenvalue weighted by molar-refractivity contribution is 7.13. The van der Waals surface area contributed by atoms with Crippen LogP contribution in [0.3, 0.4) is 0 Å². The van der Waals surface area contributed by atoms with Crippen LogP contribution in [0.15, 0.2) is 46.3 Å². The third-order valence-corrected chi connectivity index (χ3v) is 6.09. The fourth-order valence-corrected chi connectivity index (χ4v) is 4.22. The molecule has 0 spiro atoms. The molecular formula is C22H26N4O3S. The average molecular weight is 427 g/mol. The van der Waals surface area contributed by atoms with Crippen molar-refractivity contribution in [1.82, 2.24) is 20.4 Å². The second kappa shape index (κ2) is 9.86. The Morgan fingerprint density at radius 1 is 1.27 bits per heavy atom. The highest BCUT2D eigenvalue weighted by Gasteiger charge is 2.26. The van der Waals surface area contributed by atoms with E-state index in [2.05, 4.69) is 20.4 Å². The number of piperidine rings is 1. The van der Waals surface area contributed by atoms with Gasteiger partial charge >= 0.3 is 0 Å². The second-order valence-electron chi connectivity index (χ2n) is 7.33. The van der Waals surface area contributed by atoms with Crippen LogP contribution >= 0.6 is 11.3 Å². The molecule has 0 unspecified atom stereocenters. The van der Waals surface area contributed by atoms with E-state index in [1.807, 2.05) is 48.7 Å². The van der Waals surface area contributed by atoms with E-state index in [1.165, 1.54) is 0 Å². The molecule has 4 rings (SSSR count). The molecule has 1 saturated heterocycles. The van der Waals surface area contributed by atoms with Crippen LogP contribution in [0.2, 0.25) is 0 Å². The minimum absolute atomic E-state index is 0.0494. The number of aromatic nitrogens is 2. The van der Waals surface area contributed by atoms with Gasteiger partial charge in [0.15, 0.2) is 0 Å². The number of benzene rings is 1. The number of nitrogens with zero attached hydrogens (tertiary/aromatic N) is 3. The molecular weight excluding hydrogens is 400 g/mol. The van der Waals surface area contributed by atoms with Gasteiger partial charge in [0, 0.05) is 12.5 Å². The van der Waals surface area contributed by atoms with Crippen LogP contribution in [0, 0.1) is 5.92 Å². The van der Waals surface area contributed by atoms with Gasteiger partial charge in [0.2, 0.25) is 17.6 Å². The van der Waals surface area contributed by atoms with Crippen molar-refractivity contribution in [2.75, 3.05) is 19.7 Å². The van der Waals surface area contributed by atoms with Gasteiger partial charge < -0.3 is 14.6 Å². The number of thiophene rings is 1. The molecule has 1 amide bonds. The molecule has 0 radical (unpaired) electrons. The van der Waals surface area contributed by atoms with Gasteiger partial charge in [-0.2, -0.15) is 4.98 Å². The standard InChI is InChI=1S/C22H26N4O3S/c1-2-28-18-7-5-16(6-8-18)14-23-22(27)17-9-11-26(12-10-17)15-20-24-21(25-29-20)19-4-3-13-30-19/h3-8,13,17H,2,9-12,14-15H2,1H3,(H,23,27). The first kappa shape index (κ1) is 20.6. The number of carbonyl (C=O) groups excluding carboxylic acids is 1. The molecule has 1 aliphatic heterocycles. The van der Waals surface area contributed by atoms with Crippen LogP contribution in [-0.4, -0.2) is 40.6 Å². The summed E-state index contributed by atoms with van der Waals surface area (Å²) in [6.45, 7) is 5.47. The molecule has 8 heteroatoms. The Balaban J connectivity index is 1.21. The van der Waals surface area contributed by atoms with Crippen LogP contribution < -0.4 is 10.1 Å². The number of hydrogen-bond donors (Lipinski definition) is 1. The molecule has 1 fully saturated rings. The van der Waals surface area contributed by atoms with Crippen LogP contribution in [0.1, 0.15) is 31.2 Å². The quantitative estimate of drug-likeness (QED) is 0.591. The van der Waals surface area contributed by atoms with Gasteiger partial charge in [0.05, 0.1) is 18.0 Å². The second-order valence-corrected chi connectivity index (χ2v) is 8.28. The normalized spacial score (nSPS) is 15.2. The summed E-state index contributed by atoms with van der Waals surface area (Å²) in [6.07, 6.45) is 1.67. The van der Waals surface area contributed by atoms with Crippen molar-refractivity contribution in [3.8, 4) is 16.5 Å². The van der Waals surface area contributed by atoms with Crippen molar-refractivity contribution in [2.45, 2.75) is 32.9 Å². The summed E-state index contributed by atoms with van der Waals surface area (Å²) in [5, 5.41) is 9.12. The number of likely N-dealkylation sites (tertiary alicyclic amines) is 1. The number of nitrogens with one attached hydrogen (secondary N) is 1. The zero-order valence-electron chi connectivity index (χ0n) is 17.0. The van der Waals surface area contributed by atoms with E-state index >= 15 is 0 Å². The Labute approximate surface area is 180 Å². The largest absolute Gasteiger partial charge is 0.494 e. The molecule has 3 heterocycles. The number of rotatable bonds is 8. The van der Waals surface area contributed by atoms with Gasteiger partial charge in [-0.25, -0.2) is 0 Å². The van der Waals surface area contributed by atoms with Crippen molar-refractivity contribution in [3.05, 3.63) is 53.2 Å². The lowest BCUT2D eigenvalue weighted by Crippen LogP contribution is -2.40. The van der Waals surface area contributed by atoms with Crippen molar-refractivity contribution in [1.29, 1.82) is 0 Å². The number of carbonyl (C=O) groups is 1. The van der Waals surface area contributed by atoms with E-state index in [0.717, 1.165) is 42.1 Å². The topological polar surface area (TPSA) is 80.5 Å². The third-order valence-electron chi connectivity index (χ3n) is 5.23. The summed E-state index contributed by atoms with van der Waals surface area (Å²) in [4.78, 5) is 20.3. The van der Waals surface area contributed by atoms with E-state index in [-0.39, 0.29) is 11.8 Å². The predicted molar refractivity (Wildman–Crippen MR) is 115 cm³/mol. The van der Waals surface area contributed by atoms with Gasteiger partial charge in [-0.15, -0.1) is 11.3 Å². The monoisotopic (exact) mass is 426 g/mol. The van der Waals surface area contributed by atoms with Crippen molar-refractivity contribution < 1.29 is 14.1 Å². The molecule has 3 aromatic rings. The van der Waals surface area contributed by atoms with Crippen LogP contribution in [-0.2, 0) is 17.9 Å². The van der Waals surface area contributed by atoms with Crippen LogP contribution in [0.5, 0.6) is 5.75 Å². The maximum Gasteiger partial charge on any atom is 0.241 e. The van der Waals surface area contributed by atoms with Crippen molar-refractivity contribution >= 4 is 17.2 Å². The third kappa shape index (κ3) is 5.25. The van der Waals surface area contributed by atoms with Gasteiger partial charge in [-0.3, -0.25) is 9.69 Å². The molecule has 0 bridgehead atoms.